The van der Waals surface area contributed by atoms with Gasteiger partial charge in [0.1, 0.15) is 6.04 Å². The van der Waals surface area contributed by atoms with Crippen LogP contribution in [0, 0.1) is 0 Å². The topological polar surface area (TPSA) is 78.7 Å². The third-order valence-corrected chi connectivity index (χ3v) is 4.17. The zero-order valence-corrected chi connectivity index (χ0v) is 15.5. The third-order valence-electron chi connectivity index (χ3n) is 4.17. The molecular formula is C18H30N4O3. The quantitative estimate of drug-likeness (QED) is 0.649. The molecule has 140 valence electrons. The van der Waals surface area contributed by atoms with Crippen molar-refractivity contribution >= 4 is 12.4 Å². The number of carbonyl (C=O) groups excluding carboxylic acids is 1. The molecule has 1 N–H and O–H groups in total. The van der Waals surface area contributed by atoms with Crippen molar-refractivity contribution in [2.24, 2.45) is 0 Å². The molecule has 7 heteroatoms. The zero-order valence-electron chi connectivity index (χ0n) is 15.5. The minimum absolute atomic E-state index is 0.167. The summed E-state index contributed by atoms with van der Waals surface area (Å²) < 4.78 is 1.79. The summed E-state index contributed by atoms with van der Waals surface area (Å²) in [5, 5.41) is 11.1. The van der Waals surface area contributed by atoms with E-state index in [1.807, 2.05) is 24.1 Å². The molecular weight excluding hydrogens is 320 g/mol. The zero-order chi connectivity index (χ0) is 18.7. The number of hydrogen-bond donors (Lipinski definition) is 1. The van der Waals surface area contributed by atoms with E-state index in [0.29, 0.717) is 0 Å². The molecule has 0 aromatic carbocycles. The first-order chi connectivity index (χ1) is 12.0. The van der Waals surface area contributed by atoms with E-state index in [1.165, 1.54) is 5.57 Å². The Hall–Kier alpha value is -2.15. The van der Waals surface area contributed by atoms with Gasteiger partial charge in [0.25, 0.3) is 6.47 Å². The van der Waals surface area contributed by atoms with Crippen LogP contribution in [0.25, 0.3) is 0 Å². The van der Waals surface area contributed by atoms with Gasteiger partial charge in [-0.3, -0.25) is 19.2 Å². The molecule has 1 aromatic heterocycles. The molecule has 0 spiro atoms. The Labute approximate surface area is 149 Å². The van der Waals surface area contributed by atoms with Crippen LogP contribution in [0.15, 0.2) is 30.1 Å². The first-order valence-electron chi connectivity index (χ1n) is 8.74. The van der Waals surface area contributed by atoms with Crippen LogP contribution in [0.1, 0.15) is 39.7 Å². The first kappa shape index (κ1) is 20.9. The lowest BCUT2D eigenvalue weighted by Crippen LogP contribution is -2.39. The van der Waals surface area contributed by atoms with Crippen LogP contribution < -0.4 is 0 Å². The fourth-order valence-corrected chi connectivity index (χ4v) is 2.84. The van der Waals surface area contributed by atoms with E-state index < -0.39 is 0 Å². The molecule has 1 aromatic rings. The van der Waals surface area contributed by atoms with Crippen molar-refractivity contribution in [2.45, 2.75) is 39.7 Å². The normalized spacial score (nSPS) is 16.2. The fourth-order valence-electron chi connectivity index (χ4n) is 2.84. The molecule has 1 unspecified atom stereocenters. The summed E-state index contributed by atoms with van der Waals surface area (Å²) in [6, 6.07) is 1.71. The predicted octanol–water partition coefficient (Wildman–Crippen LogP) is 2.04. The second-order valence-corrected chi connectivity index (χ2v) is 6.28. The van der Waals surface area contributed by atoms with Crippen LogP contribution in [0.3, 0.4) is 0 Å². The maximum Gasteiger partial charge on any atom is 0.290 e. The van der Waals surface area contributed by atoms with Crippen LogP contribution in [-0.2, 0) is 9.59 Å². The maximum absolute atomic E-state index is 12.8. The molecule has 1 amide bonds. The van der Waals surface area contributed by atoms with Gasteiger partial charge in [0.15, 0.2) is 0 Å². The third kappa shape index (κ3) is 7.09. The van der Waals surface area contributed by atoms with Crippen molar-refractivity contribution < 1.29 is 14.7 Å². The van der Waals surface area contributed by atoms with Crippen LogP contribution >= 0.6 is 0 Å². The number of amides is 1. The molecule has 25 heavy (non-hydrogen) atoms. The van der Waals surface area contributed by atoms with E-state index in [0.717, 1.165) is 45.6 Å². The van der Waals surface area contributed by atoms with Crippen molar-refractivity contribution in [3.8, 4) is 0 Å². The first-order valence-corrected chi connectivity index (χ1v) is 8.74. The van der Waals surface area contributed by atoms with Crippen molar-refractivity contribution in [3.05, 3.63) is 30.1 Å². The minimum atomic E-state index is -0.250. The summed E-state index contributed by atoms with van der Waals surface area (Å²) >= 11 is 0. The lowest BCUT2D eigenvalue weighted by Gasteiger charge is -2.26. The fraction of sp³-hybridized carbons (Fsp3) is 0.611. The molecule has 1 aliphatic rings. The number of carboxylic acid groups (broad SMARTS) is 1. The van der Waals surface area contributed by atoms with E-state index in [4.69, 9.17) is 9.90 Å². The van der Waals surface area contributed by atoms with Gasteiger partial charge in [0, 0.05) is 45.1 Å². The highest BCUT2D eigenvalue weighted by Crippen LogP contribution is 2.15. The summed E-state index contributed by atoms with van der Waals surface area (Å²) in [7, 11) is 0. The minimum Gasteiger partial charge on any atom is -0.483 e. The van der Waals surface area contributed by atoms with E-state index in [-0.39, 0.29) is 18.4 Å². The standard InChI is InChI=1S/C17H28N4O.CH2O2/c1-4-16(21-11-5-8-18-21)17(22)20-10-6-9-19(13-14-20)12-7-15(2)3;2-1-3/h5,7-8,11,16H,4,6,9-10,12-14H2,1-3H3;1H,(H,2,3). The number of nitrogens with zero attached hydrogens (tertiary/aromatic N) is 4. The molecule has 0 aliphatic carbocycles. The summed E-state index contributed by atoms with van der Waals surface area (Å²) in [6.07, 6.45) is 7.69. The Kier molecular flexibility index (Phi) is 9.54. The van der Waals surface area contributed by atoms with Crippen molar-refractivity contribution in [1.29, 1.82) is 0 Å². The number of allylic oxidation sites excluding steroid dienone is 1. The lowest BCUT2D eigenvalue weighted by atomic mass is 10.2. The average molecular weight is 350 g/mol. The average Bonchev–Trinajstić information content (AvgIpc) is 2.99. The second kappa shape index (κ2) is 11.4. The van der Waals surface area contributed by atoms with Crippen LogP contribution in [-0.4, -0.2) is 69.8 Å². The lowest BCUT2D eigenvalue weighted by molar-refractivity contribution is -0.135. The second-order valence-electron chi connectivity index (χ2n) is 6.28. The van der Waals surface area contributed by atoms with E-state index >= 15 is 0 Å². The molecule has 2 heterocycles. The summed E-state index contributed by atoms with van der Waals surface area (Å²) in [5.41, 5.74) is 1.35. The molecule has 0 radical (unpaired) electrons. The largest absolute Gasteiger partial charge is 0.483 e. The van der Waals surface area contributed by atoms with Crippen LogP contribution in [0.4, 0.5) is 0 Å². The summed E-state index contributed by atoms with van der Waals surface area (Å²) in [6.45, 7) is 10.7. The van der Waals surface area contributed by atoms with Crippen molar-refractivity contribution in [2.75, 3.05) is 32.7 Å². The van der Waals surface area contributed by atoms with Gasteiger partial charge in [-0.15, -0.1) is 0 Å². The Morgan fingerprint density at radius 2 is 2.00 bits per heavy atom. The van der Waals surface area contributed by atoms with E-state index in [2.05, 4.69) is 29.9 Å². The van der Waals surface area contributed by atoms with Crippen molar-refractivity contribution in [3.63, 3.8) is 0 Å². The predicted molar refractivity (Wildman–Crippen MR) is 97.3 cm³/mol. The highest BCUT2D eigenvalue weighted by atomic mass is 16.3. The van der Waals surface area contributed by atoms with Crippen molar-refractivity contribution in [1.82, 2.24) is 19.6 Å². The smallest absolute Gasteiger partial charge is 0.290 e. The van der Waals surface area contributed by atoms with Crippen LogP contribution in [0.5, 0.6) is 0 Å². The molecule has 1 fully saturated rings. The molecule has 0 bridgehead atoms. The van der Waals surface area contributed by atoms with Gasteiger partial charge < -0.3 is 10.0 Å². The number of aromatic nitrogens is 2. The number of rotatable bonds is 5. The molecule has 1 saturated heterocycles. The SMILES string of the molecule is CCC(C(=O)N1CCCN(CC=C(C)C)CC1)n1cccn1.O=CO. The monoisotopic (exact) mass is 350 g/mol. The molecule has 0 saturated carbocycles. The highest BCUT2D eigenvalue weighted by molar-refractivity contribution is 5.80. The summed E-state index contributed by atoms with van der Waals surface area (Å²) in [4.78, 5) is 25.6. The van der Waals surface area contributed by atoms with Gasteiger partial charge in [-0.25, -0.2) is 0 Å². The van der Waals surface area contributed by atoms with Gasteiger partial charge in [0.05, 0.1) is 0 Å². The maximum atomic E-state index is 12.8. The van der Waals surface area contributed by atoms with Gasteiger partial charge in [-0.1, -0.05) is 18.6 Å². The number of hydrogen-bond acceptors (Lipinski definition) is 4. The van der Waals surface area contributed by atoms with Gasteiger partial charge in [-0.05, 0) is 32.8 Å². The Morgan fingerprint density at radius 3 is 2.56 bits per heavy atom. The Balaban J connectivity index is 0.000000970. The van der Waals surface area contributed by atoms with E-state index in [1.54, 1.807) is 10.9 Å². The summed E-state index contributed by atoms with van der Waals surface area (Å²) in [5.74, 6) is 0.204. The van der Waals surface area contributed by atoms with Gasteiger partial charge in [0.2, 0.25) is 5.91 Å². The van der Waals surface area contributed by atoms with Crippen LogP contribution in [0.2, 0.25) is 0 Å². The van der Waals surface area contributed by atoms with E-state index in [9.17, 15) is 4.79 Å². The van der Waals surface area contributed by atoms with Gasteiger partial charge >= 0.3 is 0 Å². The highest BCUT2D eigenvalue weighted by Gasteiger charge is 2.26. The molecule has 1 aliphatic heterocycles. The Morgan fingerprint density at radius 1 is 1.28 bits per heavy atom. The molecule has 1 atom stereocenters. The van der Waals surface area contributed by atoms with Gasteiger partial charge in [-0.2, -0.15) is 5.10 Å². The Bertz CT molecular complexity index is 539. The molecule has 7 nitrogen and oxygen atoms in total. The molecule has 2 rings (SSSR count). The number of carbonyl (C=O) groups is 2.